The molecule has 0 aliphatic heterocycles. The Morgan fingerprint density at radius 3 is 2.80 bits per heavy atom. The molecule has 106 valence electrons. The molecule has 0 spiro atoms. The molecular formula is C12H12FN3O4. The van der Waals surface area contributed by atoms with E-state index in [0.717, 1.165) is 18.2 Å². The second-order valence-corrected chi connectivity index (χ2v) is 4.35. The molecule has 1 aromatic carbocycles. The van der Waals surface area contributed by atoms with E-state index in [1.807, 2.05) is 13.8 Å². The van der Waals surface area contributed by atoms with E-state index in [0.29, 0.717) is 5.89 Å². The Hall–Kier alpha value is -2.51. The first-order valence-corrected chi connectivity index (χ1v) is 5.86. The van der Waals surface area contributed by atoms with Gasteiger partial charge in [-0.2, -0.15) is 0 Å². The number of hydrogen-bond donors (Lipinski definition) is 0. The average molecular weight is 281 g/mol. The van der Waals surface area contributed by atoms with Crippen LogP contribution in [-0.2, 0) is 6.61 Å². The minimum absolute atomic E-state index is 0.0692. The Labute approximate surface area is 113 Å². The summed E-state index contributed by atoms with van der Waals surface area (Å²) in [4.78, 5) is 10.1. The minimum atomic E-state index is -0.651. The molecular weight excluding hydrogens is 269 g/mol. The number of nitro groups is 1. The molecule has 2 aromatic rings. The SMILES string of the molecule is CC(C)c1nnc(COc2cc(F)ccc2[N+](=O)[O-])o1. The standard InChI is InChI=1S/C12H12FN3O4/c1-7(2)12-15-14-11(20-12)6-19-10-5-8(13)3-4-9(10)16(17)18/h3-5,7H,6H2,1-2H3. The lowest BCUT2D eigenvalue weighted by Crippen LogP contribution is -2.00. The molecule has 2 rings (SSSR count). The molecule has 1 aromatic heterocycles. The number of benzene rings is 1. The highest BCUT2D eigenvalue weighted by Crippen LogP contribution is 2.28. The topological polar surface area (TPSA) is 91.3 Å². The van der Waals surface area contributed by atoms with Crippen molar-refractivity contribution in [3.05, 3.63) is 45.9 Å². The summed E-state index contributed by atoms with van der Waals surface area (Å²) in [6.07, 6.45) is 0. The molecule has 0 saturated carbocycles. The van der Waals surface area contributed by atoms with Crippen LogP contribution in [0.2, 0.25) is 0 Å². The third-order valence-electron chi connectivity index (χ3n) is 2.45. The summed E-state index contributed by atoms with van der Waals surface area (Å²) in [6, 6.07) is 2.98. The van der Waals surface area contributed by atoms with Gasteiger partial charge in [-0.05, 0) is 6.07 Å². The van der Waals surface area contributed by atoms with Gasteiger partial charge in [0.05, 0.1) is 4.92 Å². The quantitative estimate of drug-likeness (QED) is 0.618. The van der Waals surface area contributed by atoms with Gasteiger partial charge in [-0.3, -0.25) is 10.1 Å². The van der Waals surface area contributed by atoms with E-state index in [4.69, 9.17) is 9.15 Å². The van der Waals surface area contributed by atoms with Crippen LogP contribution in [0.3, 0.4) is 0 Å². The molecule has 0 saturated heterocycles. The second kappa shape index (κ2) is 5.64. The maximum atomic E-state index is 13.1. The highest BCUT2D eigenvalue weighted by atomic mass is 19.1. The van der Waals surface area contributed by atoms with Crippen LogP contribution >= 0.6 is 0 Å². The fourth-order valence-corrected chi connectivity index (χ4v) is 1.45. The van der Waals surface area contributed by atoms with Gasteiger partial charge >= 0.3 is 5.69 Å². The number of nitro benzene ring substituents is 1. The Morgan fingerprint density at radius 2 is 2.20 bits per heavy atom. The number of halogens is 1. The van der Waals surface area contributed by atoms with E-state index in [-0.39, 0.29) is 29.9 Å². The van der Waals surface area contributed by atoms with Crippen LogP contribution in [0.25, 0.3) is 0 Å². The zero-order chi connectivity index (χ0) is 14.7. The number of rotatable bonds is 5. The molecule has 0 unspecified atom stereocenters. The van der Waals surface area contributed by atoms with Crippen LogP contribution in [0.1, 0.15) is 31.5 Å². The van der Waals surface area contributed by atoms with Gasteiger partial charge in [0.2, 0.25) is 11.6 Å². The van der Waals surface area contributed by atoms with Gasteiger partial charge in [-0.15, -0.1) is 10.2 Å². The molecule has 7 nitrogen and oxygen atoms in total. The average Bonchev–Trinajstić information content (AvgIpc) is 2.85. The van der Waals surface area contributed by atoms with E-state index in [9.17, 15) is 14.5 Å². The summed E-state index contributed by atoms with van der Waals surface area (Å²) in [7, 11) is 0. The van der Waals surface area contributed by atoms with Crippen molar-refractivity contribution >= 4 is 5.69 Å². The van der Waals surface area contributed by atoms with Gasteiger partial charge < -0.3 is 9.15 Å². The van der Waals surface area contributed by atoms with E-state index in [1.54, 1.807) is 0 Å². The fourth-order valence-electron chi connectivity index (χ4n) is 1.45. The van der Waals surface area contributed by atoms with Crippen molar-refractivity contribution in [1.82, 2.24) is 10.2 Å². The van der Waals surface area contributed by atoms with Gasteiger partial charge in [0.25, 0.3) is 5.89 Å². The van der Waals surface area contributed by atoms with Crippen LogP contribution < -0.4 is 4.74 Å². The minimum Gasteiger partial charge on any atom is -0.477 e. The predicted molar refractivity (Wildman–Crippen MR) is 65.8 cm³/mol. The van der Waals surface area contributed by atoms with Gasteiger partial charge in [0.1, 0.15) is 5.82 Å². The van der Waals surface area contributed by atoms with Gasteiger partial charge in [-0.1, -0.05) is 13.8 Å². The largest absolute Gasteiger partial charge is 0.477 e. The summed E-state index contributed by atoms with van der Waals surface area (Å²) in [5.74, 6) is -0.123. The lowest BCUT2D eigenvalue weighted by Gasteiger charge is -2.04. The number of aromatic nitrogens is 2. The summed E-state index contributed by atoms with van der Waals surface area (Å²) in [5.41, 5.74) is -0.324. The smallest absolute Gasteiger partial charge is 0.311 e. The molecule has 0 N–H and O–H groups in total. The van der Waals surface area contributed by atoms with Crippen molar-refractivity contribution in [3.63, 3.8) is 0 Å². The summed E-state index contributed by atoms with van der Waals surface area (Å²) in [5, 5.41) is 18.3. The van der Waals surface area contributed by atoms with Gasteiger partial charge in [-0.25, -0.2) is 4.39 Å². The van der Waals surface area contributed by atoms with Crippen molar-refractivity contribution in [3.8, 4) is 5.75 Å². The first kappa shape index (κ1) is 13.9. The number of nitrogens with zero attached hydrogens (tertiary/aromatic N) is 3. The Balaban J connectivity index is 2.13. The molecule has 8 heteroatoms. The van der Waals surface area contributed by atoms with Gasteiger partial charge in [0.15, 0.2) is 6.61 Å². The van der Waals surface area contributed by atoms with Crippen molar-refractivity contribution in [2.24, 2.45) is 0 Å². The number of ether oxygens (including phenoxy) is 1. The zero-order valence-corrected chi connectivity index (χ0v) is 10.9. The second-order valence-electron chi connectivity index (χ2n) is 4.35. The van der Waals surface area contributed by atoms with Crippen LogP contribution in [0, 0.1) is 15.9 Å². The molecule has 0 radical (unpaired) electrons. The number of hydrogen-bond acceptors (Lipinski definition) is 6. The van der Waals surface area contributed by atoms with E-state index in [1.165, 1.54) is 0 Å². The summed E-state index contributed by atoms with van der Waals surface area (Å²) in [6.45, 7) is 3.61. The van der Waals surface area contributed by atoms with Crippen LogP contribution in [0.4, 0.5) is 10.1 Å². The lowest BCUT2D eigenvalue weighted by molar-refractivity contribution is -0.386. The lowest BCUT2D eigenvalue weighted by atomic mass is 10.2. The highest BCUT2D eigenvalue weighted by Gasteiger charge is 2.17. The van der Waals surface area contributed by atoms with E-state index < -0.39 is 10.7 Å². The van der Waals surface area contributed by atoms with Crippen molar-refractivity contribution < 1.29 is 18.5 Å². The third-order valence-corrected chi connectivity index (χ3v) is 2.45. The Morgan fingerprint density at radius 1 is 1.45 bits per heavy atom. The molecule has 0 atom stereocenters. The highest BCUT2D eigenvalue weighted by molar-refractivity contribution is 5.46. The van der Waals surface area contributed by atoms with E-state index in [2.05, 4.69) is 10.2 Å². The van der Waals surface area contributed by atoms with Gasteiger partial charge in [0, 0.05) is 18.1 Å². The van der Waals surface area contributed by atoms with Crippen LogP contribution in [0.15, 0.2) is 22.6 Å². The zero-order valence-electron chi connectivity index (χ0n) is 10.9. The predicted octanol–water partition coefficient (Wildman–Crippen LogP) is 2.82. The molecule has 20 heavy (non-hydrogen) atoms. The molecule has 0 fully saturated rings. The molecule has 0 aliphatic rings. The normalized spacial score (nSPS) is 10.8. The third kappa shape index (κ3) is 3.08. The molecule has 1 heterocycles. The molecule has 0 bridgehead atoms. The Bertz CT molecular complexity index is 627. The van der Waals surface area contributed by atoms with E-state index >= 15 is 0 Å². The summed E-state index contributed by atoms with van der Waals surface area (Å²) >= 11 is 0. The summed E-state index contributed by atoms with van der Waals surface area (Å²) < 4.78 is 23.6. The first-order valence-electron chi connectivity index (χ1n) is 5.86. The maximum Gasteiger partial charge on any atom is 0.311 e. The fraction of sp³-hybridized carbons (Fsp3) is 0.333. The monoisotopic (exact) mass is 281 g/mol. The Kier molecular flexibility index (Phi) is 3.92. The van der Waals surface area contributed by atoms with Crippen LogP contribution in [0.5, 0.6) is 5.75 Å². The van der Waals surface area contributed by atoms with Crippen molar-refractivity contribution in [2.75, 3.05) is 0 Å². The molecule has 0 amide bonds. The van der Waals surface area contributed by atoms with Crippen molar-refractivity contribution in [1.29, 1.82) is 0 Å². The maximum absolute atomic E-state index is 13.1. The van der Waals surface area contributed by atoms with Crippen molar-refractivity contribution in [2.45, 2.75) is 26.4 Å². The first-order chi connectivity index (χ1) is 9.47. The molecule has 0 aliphatic carbocycles. The van der Waals surface area contributed by atoms with Crippen LogP contribution in [-0.4, -0.2) is 15.1 Å².